The Morgan fingerprint density at radius 1 is 1.03 bits per heavy atom. The molecule has 2 aromatic carbocycles. The van der Waals surface area contributed by atoms with Gasteiger partial charge >= 0.3 is 0 Å². The maximum atomic E-state index is 10.3. The van der Waals surface area contributed by atoms with Crippen LogP contribution in [0.2, 0.25) is 0 Å². The van der Waals surface area contributed by atoms with Crippen LogP contribution in [0, 0.1) is 0 Å². The summed E-state index contributed by atoms with van der Waals surface area (Å²) in [7, 11) is 1.69. The van der Waals surface area contributed by atoms with E-state index in [9.17, 15) is 5.11 Å². The molecule has 3 rings (SSSR count). The number of unbranched alkanes of at least 4 members (excludes halogenated alkanes) is 1. The molecule has 1 unspecified atom stereocenters. The first-order valence-corrected chi connectivity index (χ1v) is 10.8. The number of benzene rings is 2. The average molecular weight is 399 g/mol. The lowest BCUT2D eigenvalue weighted by molar-refractivity contribution is 0.0205. The van der Waals surface area contributed by atoms with E-state index in [0.717, 1.165) is 55.8 Å². The first kappa shape index (κ1) is 21.5. The lowest BCUT2D eigenvalue weighted by atomic mass is 9.90. The number of hydrogen-bond donors (Lipinski definition) is 1. The van der Waals surface area contributed by atoms with Crippen LogP contribution in [0.5, 0.6) is 17.2 Å². The van der Waals surface area contributed by atoms with E-state index >= 15 is 0 Å². The van der Waals surface area contributed by atoms with E-state index in [0.29, 0.717) is 19.1 Å². The number of fused-ring (bicyclic) bond motifs is 1. The zero-order chi connectivity index (χ0) is 20.7. The number of ether oxygens (including phenoxy) is 3. The second-order valence-electron chi connectivity index (χ2n) is 7.99. The summed E-state index contributed by atoms with van der Waals surface area (Å²) in [6.07, 6.45) is 5.34. The van der Waals surface area contributed by atoms with Gasteiger partial charge in [0, 0.05) is 12.0 Å². The van der Waals surface area contributed by atoms with E-state index in [1.165, 1.54) is 11.1 Å². The van der Waals surface area contributed by atoms with E-state index in [2.05, 4.69) is 18.2 Å². The van der Waals surface area contributed by atoms with Crippen LogP contribution in [-0.2, 0) is 6.42 Å². The van der Waals surface area contributed by atoms with Crippen molar-refractivity contribution in [3.63, 3.8) is 0 Å². The zero-order valence-electron chi connectivity index (χ0n) is 17.9. The fourth-order valence-corrected chi connectivity index (χ4v) is 3.88. The van der Waals surface area contributed by atoms with Gasteiger partial charge in [-0.25, -0.2) is 0 Å². The molecule has 2 aromatic rings. The molecule has 0 saturated carbocycles. The van der Waals surface area contributed by atoms with Gasteiger partial charge in [-0.2, -0.15) is 0 Å². The van der Waals surface area contributed by atoms with E-state index in [1.807, 2.05) is 38.1 Å². The van der Waals surface area contributed by atoms with Crippen molar-refractivity contribution in [2.45, 2.75) is 63.9 Å². The molecule has 1 N–H and O–H groups in total. The summed E-state index contributed by atoms with van der Waals surface area (Å²) in [6, 6.07) is 14.4. The molecule has 1 aliphatic heterocycles. The summed E-state index contributed by atoms with van der Waals surface area (Å²) in [5.41, 5.74) is 1.98. The highest BCUT2D eigenvalue weighted by Crippen LogP contribution is 2.35. The van der Waals surface area contributed by atoms with E-state index in [-0.39, 0.29) is 0 Å². The van der Waals surface area contributed by atoms with Crippen molar-refractivity contribution >= 4 is 0 Å². The van der Waals surface area contributed by atoms with Gasteiger partial charge in [-0.3, -0.25) is 0 Å². The Morgan fingerprint density at radius 3 is 2.45 bits per heavy atom. The lowest BCUT2D eigenvalue weighted by Gasteiger charge is -2.26. The van der Waals surface area contributed by atoms with Crippen LogP contribution in [0.25, 0.3) is 0 Å². The molecule has 0 spiro atoms. The molecule has 1 aliphatic rings. The summed E-state index contributed by atoms with van der Waals surface area (Å²) in [5.74, 6) is 3.02. The largest absolute Gasteiger partial charge is 0.497 e. The monoisotopic (exact) mass is 398 g/mol. The van der Waals surface area contributed by atoms with Crippen LogP contribution in [0.3, 0.4) is 0 Å². The summed E-state index contributed by atoms with van der Waals surface area (Å²) in [6.45, 7) is 5.44. The normalized spacial score (nSPS) is 16.1. The van der Waals surface area contributed by atoms with Gasteiger partial charge in [-0.1, -0.05) is 32.0 Å². The smallest absolute Gasteiger partial charge is 0.126 e. The minimum absolute atomic E-state index is 0.357. The van der Waals surface area contributed by atoms with Gasteiger partial charge in [0.1, 0.15) is 17.2 Å². The van der Waals surface area contributed by atoms with E-state index in [4.69, 9.17) is 14.2 Å². The number of hydrogen-bond acceptors (Lipinski definition) is 4. The summed E-state index contributed by atoms with van der Waals surface area (Å²) >= 11 is 0. The van der Waals surface area contributed by atoms with Gasteiger partial charge < -0.3 is 19.3 Å². The Hall–Kier alpha value is -2.20. The minimum Gasteiger partial charge on any atom is -0.497 e. The molecule has 4 heteroatoms. The molecule has 1 atom stereocenters. The van der Waals surface area contributed by atoms with Crippen molar-refractivity contribution < 1.29 is 19.3 Å². The Balaban J connectivity index is 1.49. The minimum atomic E-state index is -0.514. The van der Waals surface area contributed by atoms with Crippen LogP contribution in [0.4, 0.5) is 0 Å². The lowest BCUT2D eigenvalue weighted by Crippen LogP contribution is -2.26. The van der Waals surface area contributed by atoms with Gasteiger partial charge in [-0.15, -0.1) is 0 Å². The third kappa shape index (κ3) is 5.66. The van der Waals surface area contributed by atoms with Crippen LogP contribution in [-0.4, -0.2) is 31.0 Å². The highest BCUT2D eigenvalue weighted by molar-refractivity contribution is 5.44. The molecule has 0 saturated heterocycles. The first-order chi connectivity index (χ1) is 14.1. The third-order valence-electron chi connectivity index (χ3n) is 6.15. The highest BCUT2D eigenvalue weighted by Gasteiger charge is 2.22. The molecule has 0 radical (unpaired) electrons. The second kappa shape index (κ2) is 10.0. The molecule has 158 valence electrons. The predicted molar refractivity (Wildman–Crippen MR) is 116 cm³/mol. The molecule has 1 heterocycles. The van der Waals surface area contributed by atoms with Gasteiger partial charge in [0.25, 0.3) is 0 Å². The molecule has 0 bridgehead atoms. The van der Waals surface area contributed by atoms with Crippen LogP contribution < -0.4 is 14.2 Å². The summed E-state index contributed by atoms with van der Waals surface area (Å²) in [4.78, 5) is 0. The Kier molecular flexibility index (Phi) is 7.43. The Morgan fingerprint density at radius 2 is 1.76 bits per heavy atom. The number of rotatable bonds is 10. The standard InChI is InChI=1S/C25H34O4/c1-4-25(26,5-2)14-6-7-15-28-23-13-10-20-16-21(18-29-24(20)17-23)19-8-11-22(27-3)12-9-19/h8-13,17,21,26H,4-7,14-16,18H2,1-3H3. The molecule has 0 aromatic heterocycles. The predicted octanol–water partition coefficient (Wildman–Crippen LogP) is 5.51. The van der Waals surface area contributed by atoms with Gasteiger partial charge in [0.2, 0.25) is 0 Å². The molecule has 0 amide bonds. The number of aliphatic hydroxyl groups is 1. The summed E-state index contributed by atoms with van der Waals surface area (Å²) in [5, 5.41) is 10.3. The van der Waals surface area contributed by atoms with Crippen molar-refractivity contribution in [1.29, 1.82) is 0 Å². The zero-order valence-corrected chi connectivity index (χ0v) is 17.9. The molecular formula is C25H34O4. The van der Waals surface area contributed by atoms with Crippen molar-refractivity contribution in [2.75, 3.05) is 20.3 Å². The molecule has 29 heavy (non-hydrogen) atoms. The second-order valence-corrected chi connectivity index (χ2v) is 7.99. The van der Waals surface area contributed by atoms with Crippen molar-refractivity contribution in [3.05, 3.63) is 53.6 Å². The van der Waals surface area contributed by atoms with E-state index in [1.54, 1.807) is 7.11 Å². The van der Waals surface area contributed by atoms with Gasteiger partial charge in [0.05, 0.1) is 25.9 Å². The highest BCUT2D eigenvalue weighted by atomic mass is 16.5. The fourth-order valence-electron chi connectivity index (χ4n) is 3.88. The van der Waals surface area contributed by atoms with Crippen LogP contribution in [0.15, 0.2) is 42.5 Å². The maximum absolute atomic E-state index is 10.3. The quantitative estimate of drug-likeness (QED) is 0.536. The maximum Gasteiger partial charge on any atom is 0.126 e. The first-order valence-electron chi connectivity index (χ1n) is 10.8. The van der Waals surface area contributed by atoms with Gasteiger partial charge in [-0.05, 0) is 67.9 Å². The molecule has 0 fully saturated rings. The summed E-state index contributed by atoms with van der Waals surface area (Å²) < 4.78 is 17.2. The Labute approximate surface area is 174 Å². The fraction of sp³-hybridized carbons (Fsp3) is 0.520. The van der Waals surface area contributed by atoms with E-state index < -0.39 is 5.60 Å². The third-order valence-corrected chi connectivity index (χ3v) is 6.15. The van der Waals surface area contributed by atoms with Crippen LogP contribution in [0.1, 0.15) is 63.0 Å². The van der Waals surface area contributed by atoms with Crippen molar-refractivity contribution in [1.82, 2.24) is 0 Å². The van der Waals surface area contributed by atoms with Crippen molar-refractivity contribution in [2.24, 2.45) is 0 Å². The van der Waals surface area contributed by atoms with Crippen LogP contribution >= 0.6 is 0 Å². The number of methoxy groups -OCH3 is 1. The van der Waals surface area contributed by atoms with Crippen molar-refractivity contribution in [3.8, 4) is 17.2 Å². The molecule has 0 aliphatic carbocycles. The molecular weight excluding hydrogens is 364 g/mol. The topological polar surface area (TPSA) is 47.9 Å². The SMILES string of the molecule is CCC(O)(CC)CCCCOc1ccc2c(c1)OCC(c1ccc(OC)cc1)C2. The van der Waals surface area contributed by atoms with Gasteiger partial charge in [0.15, 0.2) is 0 Å². The Bertz CT molecular complexity index is 765. The molecule has 4 nitrogen and oxygen atoms in total. The average Bonchev–Trinajstić information content (AvgIpc) is 2.78.